The number of carbonyl (C=O) groups excluding carboxylic acids is 2. The molecule has 4 aromatic rings. The van der Waals surface area contributed by atoms with Crippen molar-refractivity contribution in [3.8, 4) is 5.75 Å². The molecular weight excluding hydrogens is 546 g/mol. The van der Waals surface area contributed by atoms with Crippen LogP contribution < -0.4 is 10.1 Å². The van der Waals surface area contributed by atoms with Crippen molar-refractivity contribution in [2.75, 3.05) is 25.0 Å². The number of hydrogen-bond donors (Lipinski definition) is 1. The van der Waals surface area contributed by atoms with Gasteiger partial charge in [0.05, 0.1) is 18.8 Å². The van der Waals surface area contributed by atoms with Crippen molar-refractivity contribution in [3.63, 3.8) is 0 Å². The van der Waals surface area contributed by atoms with Crippen LogP contribution in [0.4, 0.5) is 10.5 Å². The van der Waals surface area contributed by atoms with Crippen molar-refractivity contribution in [2.24, 2.45) is 0 Å². The first-order valence-corrected chi connectivity index (χ1v) is 14.6. The van der Waals surface area contributed by atoms with Gasteiger partial charge in [0.1, 0.15) is 24.7 Å². The third-order valence-electron chi connectivity index (χ3n) is 6.99. The van der Waals surface area contributed by atoms with Crippen molar-refractivity contribution in [3.05, 3.63) is 105 Å². The molecule has 1 atom stereocenters. The molecule has 1 N–H and O–H groups in total. The lowest BCUT2D eigenvalue weighted by atomic mass is 10.00. The highest BCUT2D eigenvalue weighted by molar-refractivity contribution is 7.10. The number of nitrogens with one attached hydrogen (secondary N) is 1. The van der Waals surface area contributed by atoms with Gasteiger partial charge in [-0.05, 0) is 77.4 Å². The van der Waals surface area contributed by atoms with Crippen molar-refractivity contribution < 1.29 is 18.7 Å². The molecule has 2 aromatic heterocycles. The smallest absolute Gasteiger partial charge is 0.322 e. The van der Waals surface area contributed by atoms with E-state index in [0.29, 0.717) is 35.5 Å². The number of nitrogens with zero attached hydrogens (tertiary/aromatic N) is 2. The predicted molar refractivity (Wildman–Crippen MR) is 158 cm³/mol. The molecule has 0 radical (unpaired) electrons. The number of thiophene rings is 1. The van der Waals surface area contributed by atoms with E-state index in [1.165, 1.54) is 15.3 Å². The first-order chi connectivity index (χ1) is 19.4. The molecular formula is C31H32ClN3O4S. The summed E-state index contributed by atoms with van der Waals surface area (Å²) in [7, 11) is 0. The number of rotatable bonds is 9. The van der Waals surface area contributed by atoms with Gasteiger partial charge in [0.2, 0.25) is 5.91 Å². The largest absolute Gasteiger partial charge is 0.491 e. The molecule has 2 aromatic carbocycles. The van der Waals surface area contributed by atoms with E-state index in [0.717, 1.165) is 17.7 Å². The number of fused-ring (bicyclic) bond motifs is 1. The number of furan rings is 1. The first-order valence-electron chi connectivity index (χ1n) is 13.3. The van der Waals surface area contributed by atoms with Crippen LogP contribution in [0, 0.1) is 0 Å². The second-order valence-corrected chi connectivity index (χ2v) is 11.5. The molecule has 40 heavy (non-hydrogen) atoms. The van der Waals surface area contributed by atoms with Gasteiger partial charge in [0, 0.05) is 22.1 Å². The van der Waals surface area contributed by atoms with Crippen molar-refractivity contribution in [1.82, 2.24) is 9.80 Å². The van der Waals surface area contributed by atoms with Gasteiger partial charge in [-0.1, -0.05) is 43.6 Å². The topological polar surface area (TPSA) is 75.0 Å². The third kappa shape index (κ3) is 6.69. The fraction of sp³-hybridized carbons (Fsp3) is 0.290. The van der Waals surface area contributed by atoms with Gasteiger partial charge in [-0.3, -0.25) is 4.79 Å². The van der Waals surface area contributed by atoms with Crippen molar-refractivity contribution in [2.45, 2.75) is 38.8 Å². The Morgan fingerprint density at radius 1 is 1.15 bits per heavy atom. The maximum absolute atomic E-state index is 13.8. The lowest BCUT2D eigenvalue weighted by Gasteiger charge is -2.37. The molecule has 7 nitrogen and oxygen atoms in total. The van der Waals surface area contributed by atoms with E-state index >= 15 is 0 Å². The van der Waals surface area contributed by atoms with E-state index in [1.807, 2.05) is 17.0 Å². The SMILES string of the molecule is CC(C)c1ccc(OC[C@H]2c3ccsc3CCN2C(=O)CN(Cc2ccco2)C(=O)Nc2cccc(Cl)c2)cc1. The van der Waals surface area contributed by atoms with Gasteiger partial charge >= 0.3 is 6.03 Å². The minimum Gasteiger partial charge on any atom is -0.491 e. The van der Waals surface area contributed by atoms with Crippen LogP contribution in [0.1, 0.15) is 47.6 Å². The summed E-state index contributed by atoms with van der Waals surface area (Å²) in [6, 6.07) is 19.9. The molecule has 0 aliphatic carbocycles. The van der Waals surface area contributed by atoms with Crippen molar-refractivity contribution >= 4 is 40.6 Å². The van der Waals surface area contributed by atoms with Crippen LogP contribution in [-0.4, -0.2) is 41.4 Å². The van der Waals surface area contributed by atoms with Crippen LogP contribution in [0.25, 0.3) is 0 Å². The number of ether oxygens (including phenoxy) is 1. The molecule has 0 fully saturated rings. The van der Waals surface area contributed by atoms with Gasteiger partial charge in [0.15, 0.2) is 0 Å². The van der Waals surface area contributed by atoms with Gasteiger partial charge < -0.3 is 24.3 Å². The highest BCUT2D eigenvalue weighted by atomic mass is 35.5. The van der Waals surface area contributed by atoms with E-state index < -0.39 is 6.03 Å². The Hall–Kier alpha value is -3.75. The predicted octanol–water partition coefficient (Wildman–Crippen LogP) is 7.36. The summed E-state index contributed by atoms with van der Waals surface area (Å²) in [5, 5.41) is 5.42. The zero-order chi connectivity index (χ0) is 28.1. The summed E-state index contributed by atoms with van der Waals surface area (Å²) in [6.45, 7) is 5.21. The molecule has 1 aliphatic rings. The van der Waals surface area contributed by atoms with E-state index in [9.17, 15) is 9.59 Å². The number of halogens is 1. The molecule has 0 saturated carbocycles. The van der Waals surface area contributed by atoms with E-state index in [-0.39, 0.29) is 25.0 Å². The average molecular weight is 578 g/mol. The highest BCUT2D eigenvalue weighted by Crippen LogP contribution is 2.34. The summed E-state index contributed by atoms with van der Waals surface area (Å²) in [6.07, 6.45) is 2.32. The molecule has 3 heterocycles. The Labute approximate surface area is 243 Å². The molecule has 1 aliphatic heterocycles. The number of urea groups is 1. The maximum atomic E-state index is 13.8. The summed E-state index contributed by atoms with van der Waals surface area (Å²) in [4.78, 5) is 31.7. The lowest BCUT2D eigenvalue weighted by molar-refractivity contribution is -0.135. The Morgan fingerprint density at radius 3 is 2.70 bits per heavy atom. The molecule has 208 valence electrons. The number of amides is 3. The highest BCUT2D eigenvalue weighted by Gasteiger charge is 2.33. The van der Waals surface area contributed by atoms with Gasteiger partial charge in [0.25, 0.3) is 0 Å². The zero-order valence-corrected chi connectivity index (χ0v) is 24.1. The van der Waals surface area contributed by atoms with Crippen LogP contribution in [0.5, 0.6) is 5.75 Å². The number of anilines is 1. The summed E-state index contributed by atoms with van der Waals surface area (Å²) < 4.78 is 11.7. The Bertz CT molecular complexity index is 1440. The first kappa shape index (κ1) is 27.8. The number of benzene rings is 2. The molecule has 9 heteroatoms. The van der Waals surface area contributed by atoms with Gasteiger partial charge in [-0.15, -0.1) is 11.3 Å². The lowest BCUT2D eigenvalue weighted by Crippen LogP contribution is -2.48. The summed E-state index contributed by atoms with van der Waals surface area (Å²) >= 11 is 7.80. The molecule has 0 bridgehead atoms. The van der Waals surface area contributed by atoms with E-state index in [2.05, 4.69) is 42.7 Å². The second kappa shape index (κ2) is 12.6. The summed E-state index contributed by atoms with van der Waals surface area (Å²) in [5.41, 5.74) is 2.89. The molecule has 0 unspecified atom stereocenters. The van der Waals surface area contributed by atoms with Crippen molar-refractivity contribution in [1.29, 1.82) is 0 Å². The van der Waals surface area contributed by atoms with Crippen LogP contribution in [-0.2, 0) is 17.8 Å². The van der Waals surface area contributed by atoms with Crippen LogP contribution in [0.2, 0.25) is 5.02 Å². The minimum atomic E-state index is -0.418. The molecule has 5 rings (SSSR count). The Morgan fingerprint density at radius 2 is 1.98 bits per heavy atom. The quantitative estimate of drug-likeness (QED) is 0.225. The molecule has 0 saturated heterocycles. The standard InChI is InChI=1S/C31H32ClN3O4S/c1-21(2)22-8-10-25(11-9-22)39-20-28-27-13-16-40-29(27)12-14-35(28)30(36)19-34(18-26-7-4-15-38-26)31(37)33-24-6-3-5-23(32)17-24/h3-11,13,15-17,21,28H,12,14,18-20H2,1-2H3,(H,33,37)/t28-/m0/s1. The van der Waals surface area contributed by atoms with E-state index in [1.54, 1.807) is 54.0 Å². The number of hydrogen-bond acceptors (Lipinski definition) is 5. The summed E-state index contributed by atoms with van der Waals surface area (Å²) in [5.74, 6) is 1.62. The third-order valence-corrected chi connectivity index (χ3v) is 8.22. The van der Waals surface area contributed by atoms with Gasteiger partial charge in [-0.2, -0.15) is 0 Å². The van der Waals surface area contributed by atoms with E-state index in [4.69, 9.17) is 20.8 Å². The van der Waals surface area contributed by atoms with Crippen LogP contribution in [0.3, 0.4) is 0 Å². The fourth-order valence-corrected chi connectivity index (χ4v) is 5.93. The fourth-order valence-electron chi connectivity index (χ4n) is 4.81. The maximum Gasteiger partial charge on any atom is 0.322 e. The molecule has 3 amide bonds. The average Bonchev–Trinajstić information content (AvgIpc) is 3.64. The minimum absolute atomic E-state index is 0.119. The van der Waals surface area contributed by atoms with Gasteiger partial charge in [-0.25, -0.2) is 4.79 Å². The second-order valence-electron chi connectivity index (χ2n) is 10.1. The van der Waals surface area contributed by atoms with Crippen LogP contribution in [0.15, 0.2) is 82.8 Å². The molecule has 0 spiro atoms. The normalized spacial score (nSPS) is 14.6. The number of carbonyl (C=O) groups is 2. The Balaban J connectivity index is 1.33. The Kier molecular flexibility index (Phi) is 8.77. The zero-order valence-electron chi connectivity index (χ0n) is 22.5. The monoisotopic (exact) mass is 577 g/mol. The van der Waals surface area contributed by atoms with Crippen LogP contribution >= 0.6 is 22.9 Å².